The number of fused-ring (bicyclic) bond motifs is 1. The standard InChI is InChI=1S/C20H21F2N3O3/c1-9-16-13(25(12-4-11(12)21)6-10(18(16)26)19(27)28)5-14(17(9)22)24-7-15(23)20(8-24)2-3-20/h5-6,11-12,15H,2-4,7-8,23H2,1H3,(H,27,28)/t11-,12+,15+/m0/s1. The summed E-state index contributed by atoms with van der Waals surface area (Å²) in [5.74, 6) is -1.95. The molecule has 1 spiro atoms. The number of aryl methyl sites for hydroxylation is 1. The van der Waals surface area contributed by atoms with E-state index in [0.717, 1.165) is 12.8 Å². The van der Waals surface area contributed by atoms with E-state index < -0.39 is 35.0 Å². The zero-order valence-corrected chi connectivity index (χ0v) is 15.4. The van der Waals surface area contributed by atoms with Crippen LogP contribution in [0.3, 0.4) is 0 Å². The second kappa shape index (κ2) is 5.53. The van der Waals surface area contributed by atoms with Crippen molar-refractivity contribution in [3.8, 4) is 0 Å². The van der Waals surface area contributed by atoms with E-state index in [1.54, 1.807) is 6.07 Å². The van der Waals surface area contributed by atoms with Crippen LogP contribution in [-0.4, -0.2) is 40.9 Å². The fraction of sp³-hybridized carbons (Fsp3) is 0.500. The van der Waals surface area contributed by atoms with Crippen molar-refractivity contribution in [3.05, 3.63) is 39.4 Å². The lowest BCUT2D eigenvalue weighted by atomic mass is 10.0. The second-order valence-corrected chi connectivity index (χ2v) is 8.48. The van der Waals surface area contributed by atoms with Crippen molar-refractivity contribution in [1.82, 2.24) is 4.57 Å². The molecule has 1 saturated heterocycles. The van der Waals surface area contributed by atoms with Crippen LogP contribution in [0.1, 0.15) is 41.2 Å². The first-order chi connectivity index (χ1) is 13.2. The number of nitrogens with zero attached hydrogens (tertiary/aromatic N) is 2. The van der Waals surface area contributed by atoms with E-state index in [0.29, 0.717) is 24.3 Å². The molecule has 1 aromatic heterocycles. The molecule has 6 nitrogen and oxygen atoms in total. The predicted octanol–water partition coefficient (Wildman–Crippen LogP) is 2.36. The Kier molecular flexibility index (Phi) is 3.48. The molecule has 2 aliphatic carbocycles. The lowest BCUT2D eigenvalue weighted by Gasteiger charge is -2.22. The van der Waals surface area contributed by atoms with Gasteiger partial charge in [0.15, 0.2) is 0 Å². The van der Waals surface area contributed by atoms with Gasteiger partial charge in [-0.25, -0.2) is 13.6 Å². The van der Waals surface area contributed by atoms with Crippen LogP contribution in [0.25, 0.3) is 10.9 Å². The number of alkyl halides is 1. The molecular formula is C20H21F2N3O3. The second-order valence-electron chi connectivity index (χ2n) is 8.48. The number of carbonyl (C=O) groups is 1. The summed E-state index contributed by atoms with van der Waals surface area (Å²) < 4.78 is 30.6. The van der Waals surface area contributed by atoms with E-state index in [1.807, 2.05) is 4.90 Å². The molecule has 5 rings (SSSR count). The minimum atomic E-state index is -1.40. The van der Waals surface area contributed by atoms with Crippen molar-refractivity contribution < 1.29 is 18.7 Å². The van der Waals surface area contributed by atoms with E-state index in [9.17, 15) is 19.1 Å². The van der Waals surface area contributed by atoms with Gasteiger partial charge in [-0.1, -0.05) is 0 Å². The van der Waals surface area contributed by atoms with Crippen molar-refractivity contribution in [2.75, 3.05) is 18.0 Å². The minimum absolute atomic E-state index is 0.00452. The zero-order valence-electron chi connectivity index (χ0n) is 15.4. The molecule has 3 N–H and O–H groups in total. The summed E-state index contributed by atoms with van der Waals surface area (Å²) in [6.07, 6.45) is 2.39. The number of halogens is 2. The van der Waals surface area contributed by atoms with Crippen LogP contribution in [0.15, 0.2) is 17.1 Å². The number of hydrogen-bond donors (Lipinski definition) is 2. The summed E-state index contributed by atoms with van der Waals surface area (Å²) in [6.45, 7) is 2.65. The highest BCUT2D eigenvalue weighted by Crippen LogP contribution is 2.53. The van der Waals surface area contributed by atoms with Crippen molar-refractivity contribution in [2.24, 2.45) is 11.1 Å². The molecule has 3 atom stereocenters. The number of nitrogens with two attached hydrogens (primary N) is 1. The van der Waals surface area contributed by atoms with Crippen molar-refractivity contribution in [3.63, 3.8) is 0 Å². The van der Waals surface area contributed by atoms with Crippen molar-refractivity contribution in [1.29, 1.82) is 0 Å². The lowest BCUT2D eigenvalue weighted by Crippen LogP contribution is -2.30. The molecule has 3 aliphatic rings. The van der Waals surface area contributed by atoms with Gasteiger partial charge in [-0.2, -0.15) is 0 Å². The van der Waals surface area contributed by atoms with Gasteiger partial charge < -0.3 is 20.3 Å². The molecule has 0 unspecified atom stereocenters. The summed E-state index contributed by atoms with van der Waals surface area (Å²) in [7, 11) is 0. The number of carboxylic acids is 1. The number of aromatic nitrogens is 1. The summed E-state index contributed by atoms with van der Waals surface area (Å²) in [5.41, 5.74) is 5.90. The van der Waals surface area contributed by atoms with Crippen LogP contribution in [0.2, 0.25) is 0 Å². The maximum atomic E-state index is 15.3. The molecule has 0 amide bonds. The zero-order chi connectivity index (χ0) is 20.0. The van der Waals surface area contributed by atoms with Crippen LogP contribution >= 0.6 is 0 Å². The highest BCUT2D eigenvalue weighted by Gasteiger charge is 2.54. The van der Waals surface area contributed by atoms with Gasteiger partial charge in [0, 0.05) is 42.7 Å². The highest BCUT2D eigenvalue weighted by atomic mass is 19.1. The summed E-state index contributed by atoms with van der Waals surface area (Å²) in [4.78, 5) is 26.1. The summed E-state index contributed by atoms with van der Waals surface area (Å²) in [6, 6.07) is 0.997. The van der Waals surface area contributed by atoms with Crippen LogP contribution in [0.4, 0.5) is 14.5 Å². The first-order valence-corrected chi connectivity index (χ1v) is 9.49. The monoisotopic (exact) mass is 389 g/mol. The molecule has 2 heterocycles. The lowest BCUT2D eigenvalue weighted by molar-refractivity contribution is 0.0694. The Morgan fingerprint density at radius 1 is 1.39 bits per heavy atom. The third-order valence-corrected chi connectivity index (χ3v) is 6.69. The van der Waals surface area contributed by atoms with Gasteiger partial charge in [0.05, 0.1) is 22.6 Å². The number of carboxylic acid groups (broad SMARTS) is 1. The minimum Gasteiger partial charge on any atom is -0.477 e. The van der Waals surface area contributed by atoms with Crippen LogP contribution in [0.5, 0.6) is 0 Å². The molecule has 148 valence electrons. The first-order valence-electron chi connectivity index (χ1n) is 9.49. The van der Waals surface area contributed by atoms with E-state index in [4.69, 9.17) is 5.73 Å². The van der Waals surface area contributed by atoms with Gasteiger partial charge in [0.1, 0.15) is 17.6 Å². The molecule has 0 bridgehead atoms. The van der Waals surface area contributed by atoms with Gasteiger partial charge in [0.25, 0.3) is 0 Å². The highest BCUT2D eigenvalue weighted by molar-refractivity contribution is 5.95. The van der Waals surface area contributed by atoms with Crippen molar-refractivity contribution >= 4 is 22.6 Å². The molecule has 28 heavy (non-hydrogen) atoms. The molecule has 1 aromatic carbocycles. The van der Waals surface area contributed by atoms with Crippen molar-refractivity contribution in [2.45, 2.75) is 44.4 Å². The molecule has 8 heteroatoms. The number of rotatable bonds is 3. The number of pyridine rings is 1. The Morgan fingerprint density at radius 2 is 2.07 bits per heavy atom. The molecule has 1 aliphatic heterocycles. The van der Waals surface area contributed by atoms with Crippen LogP contribution in [0, 0.1) is 18.2 Å². The van der Waals surface area contributed by atoms with Crippen LogP contribution < -0.4 is 16.1 Å². The molecular weight excluding hydrogens is 368 g/mol. The van der Waals surface area contributed by atoms with E-state index >= 15 is 4.39 Å². The van der Waals surface area contributed by atoms with E-state index in [1.165, 1.54) is 17.7 Å². The maximum Gasteiger partial charge on any atom is 0.341 e. The quantitative estimate of drug-likeness (QED) is 0.841. The predicted molar refractivity (Wildman–Crippen MR) is 100 cm³/mol. The van der Waals surface area contributed by atoms with Crippen LogP contribution in [-0.2, 0) is 0 Å². The van der Waals surface area contributed by atoms with E-state index in [-0.39, 0.29) is 28.8 Å². The van der Waals surface area contributed by atoms with Gasteiger partial charge in [-0.3, -0.25) is 4.79 Å². The number of hydrogen-bond acceptors (Lipinski definition) is 4. The first kappa shape index (κ1) is 17.6. The van der Waals surface area contributed by atoms with Gasteiger partial charge in [-0.05, 0) is 25.8 Å². The average Bonchev–Trinajstić information content (AvgIpc) is 3.53. The summed E-state index contributed by atoms with van der Waals surface area (Å²) in [5, 5.41) is 9.38. The molecule has 3 fully saturated rings. The Labute approximate surface area is 159 Å². The third kappa shape index (κ3) is 2.33. The number of aromatic carboxylic acids is 1. The fourth-order valence-electron chi connectivity index (χ4n) is 4.61. The Balaban J connectivity index is 1.75. The third-order valence-electron chi connectivity index (χ3n) is 6.69. The normalized spacial score (nSPS) is 27.6. The SMILES string of the molecule is Cc1c(F)c(N2C[C@@H](N)C3(CC3)C2)cc2c1c(=O)c(C(=O)O)cn2[C@@H]1C[C@@H]1F. The largest absolute Gasteiger partial charge is 0.477 e. The molecule has 2 saturated carbocycles. The average molecular weight is 389 g/mol. The van der Waals surface area contributed by atoms with Gasteiger partial charge >= 0.3 is 5.97 Å². The smallest absolute Gasteiger partial charge is 0.341 e. The van der Waals surface area contributed by atoms with Gasteiger partial charge in [-0.15, -0.1) is 0 Å². The van der Waals surface area contributed by atoms with Gasteiger partial charge in [0.2, 0.25) is 5.43 Å². The Bertz CT molecular complexity index is 1090. The molecule has 0 radical (unpaired) electrons. The van der Waals surface area contributed by atoms with E-state index in [2.05, 4.69) is 0 Å². The number of anilines is 1. The number of benzene rings is 1. The Morgan fingerprint density at radius 3 is 2.61 bits per heavy atom. The topological polar surface area (TPSA) is 88.6 Å². The Hall–Kier alpha value is -2.48. The fourth-order valence-corrected chi connectivity index (χ4v) is 4.61. The summed E-state index contributed by atoms with van der Waals surface area (Å²) >= 11 is 0. The maximum absolute atomic E-state index is 15.3. The molecule has 2 aromatic rings.